The molecular formula is C16H21Cl2O3-. The van der Waals surface area contributed by atoms with Gasteiger partial charge in [-0.05, 0) is 31.0 Å². The van der Waals surface area contributed by atoms with Crippen molar-refractivity contribution in [1.29, 1.82) is 0 Å². The molecular weight excluding hydrogens is 311 g/mol. The summed E-state index contributed by atoms with van der Waals surface area (Å²) in [7, 11) is 0. The summed E-state index contributed by atoms with van der Waals surface area (Å²) in [5.41, 5.74) is 0. The molecule has 0 radical (unpaired) electrons. The Balaban J connectivity index is 2.44. The molecule has 0 amide bonds. The first-order chi connectivity index (χ1) is 10.0. The van der Waals surface area contributed by atoms with Crippen LogP contribution in [0.25, 0.3) is 0 Å². The summed E-state index contributed by atoms with van der Waals surface area (Å²) in [6.07, 6.45) is 5.98. The fraction of sp³-hybridized carbons (Fsp3) is 0.562. The fourth-order valence-electron chi connectivity index (χ4n) is 2.06. The van der Waals surface area contributed by atoms with Gasteiger partial charge in [0, 0.05) is 5.02 Å². The second kappa shape index (κ2) is 9.91. The lowest BCUT2D eigenvalue weighted by atomic mass is 10.1. The first-order valence-corrected chi connectivity index (χ1v) is 8.12. The number of hydrogen-bond acceptors (Lipinski definition) is 3. The van der Waals surface area contributed by atoms with Crippen molar-refractivity contribution in [1.82, 2.24) is 0 Å². The van der Waals surface area contributed by atoms with Crippen molar-refractivity contribution >= 4 is 29.2 Å². The number of carboxylic acids is 1. The van der Waals surface area contributed by atoms with E-state index in [4.69, 9.17) is 27.9 Å². The third kappa shape index (κ3) is 7.05. The van der Waals surface area contributed by atoms with Crippen LogP contribution in [0.1, 0.15) is 51.9 Å². The average Bonchev–Trinajstić information content (AvgIpc) is 2.43. The van der Waals surface area contributed by atoms with E-state index >= 15 is 0 Å². The van der Waals surface area contributed by atoms with Crippen LogP contribution >= 0.6 is 23.2 Å². The molecule has 0 bridgehead atoms. The Labute approximate surface area is 136 Å². The van der Waals surface area contributed by atoms with Crippen LogP contribution in [0.3, 0.4) is 0 Å². The summed E-state index contributed by atoms with van der Waals surface area (Å²) < 4.78 is 5.44. The van der Waals surface area contributed by atoms with Crippen LogP contribution in [-0.2, 0) is 4.79 Å². The van der Waals surface area contributed by atoms with Crippen LogP contribution in [0.2, 0.25) is 10.0 Å². The molecule has 1 atom stereocenters. The highest BCUT2D eigenvalue weighted by Crippen LogP contribution is 2.29. The molecule has 1 aromatic rings. The molecule has 0 aliphatic rings. The molecule has 1 rings (SSSR count). The standard InChI is InChI=1S/C16H22Cl2O3/c1-2-3-4-5-6-7-8-15(16(19)20)21-14-10-9-12(17)11-13(14)18/h9-11,15H,2-8H2,1H3,(H,19,20)/p-1. The van der Waals surface area contributed by atoms with E-state index in [0.29, 0.717) is 22.2 Å². The van der Waals surface area contributed by atoms with E-state index in [-0.39, 0.29) is 0 Å². The third-order valence-electron chi connectivity index (χ3n) is 3.25. The van der Waals surface area contributed by atoms with E-state index in [1.54, 1.807) is 12.1 Å². The average molecular weight is 332 g/mol. The molecule has 0 aliphatic carbocycles. The monoisotopic (exact) mass is 331 g/mol. The summed E-state index contributed by atoms with van der Waals surface area (Å²) in [5, 5.41) is 11.9. The van der Waals surface area contributed by atoms with Crippen LogP contribution in [0.15, 0.2) is 18.2 Å². The van der Waals surface area contributed by atoms with Crippen molar-refractivity contribution < 1.29 is 14.6 Å². The summed E-state index contributed by atoms with van der Waals surface area (Å²) >= 11 is 11.8. The zero-order valence-corrected chi connectivity index (χ0v) is 13.8. The maximum atomic E-state index is 11.1. The van der Waals surface area contributed by atoms with Crippen LogP contribution in [0, 0.1) is 0 Å². The Morgan fingerprint density at radius 1 is 1.19 bits per heavy atom. The van der Waals surface area contributed by atoms with Gasteiger partial charge in [0.2, 0.25) is 0 Å². The van der Waals surface area contributed by atoms with Crippen LogP contribution in [0.4, 0.5) is 0 Å². The number of carbonyl (C=O) groups excluding carboxylic acids is 1. The Morgan fingerprint density at radius 2 is 1.86 bits per heavy atom. The van der Waals surface area contributed by atoms with E-state index in [1.807, 2.05) is 0 Å². The number of carbonyl (C=O) groups is 1. The second-order valence-corrected chi connectivity index (χ2v) is 5.90. The minimum Gasteiger partial charge on any atom is -0.546 e. The molecule has 0 saturated carbocycles. The number of benzene rings is 1. The summed E-state index contributed by atoms with van der Waals surface area (Å²) in [5.74, 6) is -0.893. The molecule has 0 fully saturated rings. The van der Waals surface area contributed by atoms with Crippen LogP contribution in [0.5, 0.6) is 5.75 Å². The molecule has 3 nitrogen and oxygen atoms in total. The van der Waals surface area contributed by atoms with E-state index < -0.39 is 12.1 Å². The van der Waals surface area contributed by atoms with Gasteiger partial charge in [-0.1, -0.05) is 62.2 Å². The summed E-state index contributed by atoms with van der Waals surface area (Å²) in [6.45, 7) is 2.16. The van der Waals surface area contributed by atoms with E-state index in [0.717, 1.165) is 19.3 Å². The fourth-order valence-corrected chi connectivity index (χ4v) is 2.51. The van der Waals surface area contributed by atoms with E-state index in [2.05, 4.69) is 6.92 Å². The van der Waals surface area contributed by atoms with Crippen molar-refractivity contribution in [3.8, 4) is 5.75 Å². The lowest BCUT2D eigenvalue weighted by Crippen LogP contribution is -2.39. The Kier molecular flexibility index (Phi) is 8.55. The normalized spacial score (nSPS) is 12.1. The quantitative estimate of drug-likeness (QED) is 0.602. The predicted octanol–water partition coefficient (Wildman–Crippen LogP) is 4.24. The topological polar surface area (TPSA) is 49.4 Å². The third-order valence-corrected chi connectivity index (χ3v) is 3.78. The van der Waals surface area contributed by atoms with Gasteiger partial charge in [-0.15, -0.1) is 0 Å². The number of rotatable bonds is 10. The van der Waals surface area contributed by atoms with Crippen molar-refractivity contribution in [2.45, 2.75) is 58.0 Å². The van der Waals surface area contributed by atoms with E-state index in [9.17, 15) is 9.90 Å². The van der Waals surface area contributed by atoms with Gasteiger partial charge in [-0.25, -0.2) is 0 Å². The smallest absolute Gasteiger partial charge is 0.139 e. The minimum atomic E-state index is -1.21. The Hall–Kier alpha value is -0.930. The maximum absolute atomic E-state index is 11.1. The van der Waals surface area contributed by atoms with Gasteiger partial charge in [-0.2, -0.15) is 0 Å². The molecule has 0 spiro atoms. The first kappa shape index (κ1) is 18.1. The van der Waals surface area contributed by atoms with Gasteiger partial charge in [-0.3, -0.25) is 0 Å². The summed E-state index contributed by atoms with van der Waals surface area (Å²) in [6, 6.07) is 4.71. The highest BCUT2D eigenvalue weighted by atomic mass is 35.5. The largest absolute Gasteiger partial charge is 0.546 e. The van der Waals surface area contributed by atoms with Gasteiger partial charge >= 0.3 is 0 Å². The number of halogens is 2. The zero-order valence-electron chi connectivity index (χ0n) is 12.2. The number of hydrogen-bond donors (Lipinski definition) is 0. The van der Waals surface area contributed by atoms with Gasteiger partial charge in [0.25, 0.3) is 0 Å². The van der Waals surface area contributed by atoms with Crippen LogP contribution in [-0.4, -0.2) is 12.1 Å². The van der Waals surface area contributed by atoms with Gasteiger partial charge < -0.3 is 14.6 Å². The zero-order chi connectivity index (χ0) is 15.7. The lowest BCUT2D eigenvalue weighted by molar-refractivity contribution is -0.313. The predicted molar refractivity (Wildman–Crippen MR) is 83.9 cm³/mol. The lowest BCUT2D eigenvalue weighted by Gasteiger charge is -2.20. The van der Waals surface area contributed by atoms with Crippen molar-refractivity contribution in [3.05, 3.63) is 28.2 Å². The number of unbranched alkanes of at least 4 members (excludes halogenated alkanes) is 5. The molecule has 0 heterocycles. The number of carboxylic acid groups (broad SMARTS) is 1. The molecule has 1 unspecified atom stereocenters. The molecule has 21 heavy (non-hydrogen) atoms. The maximum Gasteiger partial charge on any atom is 0.139 e. The molecule has 0 N–H and O–H groups in total. The minimum absolute atomic E-state index is 0.302. The van der Waals surface area contributed by atoms with Crippen LogP contribution < -0.4 is 9.84 Å². The Bertz CT molecular complexity index is 449. The first-order valence-electron chi connectivity index (χ1n) is 7.37. The Morgan fingerprint density at radius 3 is 2.48 bits per heavy atom. The van der Waals surface area contributed by atoms with E-state index in [1.165, 1.54) is 25.3 Å². The summed E-state index contributed by atoms with van der Waals surface area (Å²) in [4.78, 5) is 11.1. The molecule has 0 saturated heterocycles. The van der Waals surface area contributed by atoms with Gasteiger partial charge in [0.05, 0.1) is 11.0 Å². The molecule has 118 valence electrons. The molecule has 0 aromatic heterocycles. The van der Waals surface area contributed by atoms with Gasteiger partial charge in [0.15, 0.2) is 0 Å². The van der Waals surface area contributed by atoms with Crippen molar-refractivity contribution in [3.63, 3.8) is 0 Å². The molecule has 0 aliphatic heterocycles. The number of ether oxygens (including phenoxy) is 1. The van der Waals surface area contributed by atoms with Crippen molar-refractivity contribution in [2.24, 2.45) is 0 Å². The SMILES string of the molecule is CCCCCCCCC(Oc1ccc(Cl)cc1Cl)C(=O)[O-]. The second-order valence-electron chi connectivity index (χ2n) is 5.06. The highest BCUT2D eigenvalue weighted by Gasteiger charge is 2.13. The highest BCUT2D eigenvalue weighted by molar-refractivity contribution is 6.35. The molecule has 1 aromatic carbocycles. The van der Waals surface area contributed by atoms with Gasteiger partial charge in [0.1, 0.15) is 11.9 Å². The molecule has 5 heteroatoms. The number of aliphatic carboxylic acids is 1. The van der Waals surface area contributed by atoms with Crippen molar-refractivity contribution in [2.75, 3.05) is 0 Å².